The fraction of sp³-hybridized carbons (Fsp3) is 0.615. The quantitative estimate of drug-likeness (QED) is 0.820. The van der Waals surface area contributed by atoms with Gasteiger partial charge in [-0.15, -0.1) is 0 Å². The van der Waals surface area contributed by atoms with Crippen molar-refractivity contribution in [1.29, 1.82) is 0 Å². The van der Waals surface area contributed by atoms with Gasteiger partial charge in [-0.25, -0.2) is 4.79 Å². The van der Waals surface area contributed by atoms with Crippen LogP contribution in [-0.4, -0.2) is 44.3 Å². The molecule has 2 atom stereocenters. The summed E-state index contributed by atoms with van der Waals surface area (Å²) >= 11 is 0. The third-order valence-corrected chi connectivity index (χ3v) is 4.06. The number of hydrogen-bond donors (Lipinski definition) is 2. The predicted molar refractivity (Wildman–Crippen MR) is 72.0 cm³/mol. The second kappa shape index (κ2) is 5.62. The normalized spacial score (nSPS) is 23.7. The number of likely N-dealkylation sites (tertiary alicyclic amines) is 1. The third-order valence-electron chi connectivity index (χ3n) is 4.06. The van der Waals surface area contributed by atoms with Gasteiger partial charge < -0.3 is 10.8 Å². The summed E-state index contributed by atoms with van der Waals surface area (Å²) < 4.78 is 1.57. The van der Waals surface area contributed by atoms with Gasteiger partial charge in [0.15, 0.2) is 0 Å². The average molecular weight is 280 g/mol. The van der Waals surface area contributed by atoms with E-state index in [9.17, 15) is 9.59 Å². The summed E-state index contributed by atoms with van der Waals surface area (Å²) in [6.07, 6.45) is 3.04. The Balaban J connectivity index is 2.17. The van der Waals surface area contributed by atoms with E-state index in [4.69, 9.17) is 10.8 Å². The van der Waals surface area contributed by atoms with Crippen LogP contribution < -0.4 is 5.73 Å². The van der Waals surface area contributed by atoms with Crippen LogP contribution in [0.15, 0.2) is 6.20 Å². The fourth-order valence-electron chi connectivity index (χ4n) is 2.65. The van der Waals surface area contributed by atoms with E-state index in [1.165, 1.54) is 6.20 Å². The van der Waals surface area contributed by atoms with Gasteiger partial charge in [0, 0.05) is 26.2 Å². The Hall–Kier alpha value is -1.89. The van der Waals surface area contributed by atoms with Crippen LogP contribution in [0.4, 0.5) is 0 Å². The Morgan fingerprint density at radius 2 is 2.20 bits per heavy atom. The van der Waals surface area contributed by atoms with E-state index in [2.05, 4.69) is 16.9 Å². The van der Waals surface area contributed by atoms with Gasteiger partial charge in [-0.1, -0.05) is 0 Å². The highest BCUT2D eigenvalue weighted by atomic mass is 16.4. The van der Waals surface area contributed by atoms with Crippen molar-refractivity contribution < 1.29 is 14.7 Å². The molecular formula is C13H20N4O3. The van der Waals surface area contributed by atoms with E-state index in [0.717, 1.165) is 12.8 Å². The van der Waals surface area contributed by atoms with Crippen LogP contribution in [-0.2, 0) is 18.4 Å². The van der Waals surface area contributed by atoms with Crippen molar-refractivity contribution >= 4 is 11.9 Å². The zero-order valence-corrected chi connectivity index (χ0v) is 11.7. The van der Waals surface area contributed by atoms with E-state index >= 15 is 0 Å². The number of nitrogens with two attached hydrogens (primary N) is 1. The smallest absolute Gasteiger partial charge is 0.339 e. The Bertz CT molecular complexity index is 526. The summed E-state index contributed by atoms with van der Waals surface area (Å²) in [6.45, 7) is 3.11. The molecule has 0 aromatic carbocycles. The van der Waals surface area contributed by atoms with Gasteiger partial charge in [-0.3, -0.25) is 14.4 Å². The van der Waals surface area contributed by atoms with Gasteiger partial charge in [-0.05, 0) is 19.8 Å². The summed E-state index contributed by atoms with van der Waals surface area (Å²) in [5.74, 6) is -1.43. The highest BCUT2D eigenvalue weighted by molar-refractivity contribution is 5.88. The van der Waals surface area contributed by atoms with Crippen molar-refractivity contribution in [2.24, 2.45) is 18.7 Å². The van der Waals surface area contributed by atoms with Gasteiger partial charge in [0.25, 0.3) is 0 Å². The predicted octanol–water partition coefficient (Wildman–Crippen LogP) is 0.204. The van der Waals surface area contributed by atoms with Crippen molar-refractivity contribution in [1.82, 2.24) is 14.7 Å². The molecule has 1 aromatic heterocycles. The summed E-state index contributed by atoms with van der Waals surface area (Å²) in [6, 6.07) is 0.294. The van der Waals surface area contributed by atoms with Crippen LogP contribution in [0, 0.1) is 5.92 Å². The van der Waals surface area contributed by atoms with Crippen LogP contribution >= 0.6 is 0 Å². The number of amides is 1. The second-order valence-corrected chi connectivity index (χ2v) is 5.39. The van der Waals surface area contributed by atoms with Crippen LogP contribution in [0.1, 0.15) is 35.8 Å². The molecule has 0 radical (unpaired) electrons. The first-order valence-electron chi connectivity index (χ1n) is 6.67. The second-order valence-electron chi connectivity index (χ2n) is 5.39. The first-order chi connectivity index (χ1) is 9.40. The monoisotopic (exact) mass is 280 g/mol. The lowest BCUT2D eigenvalue weighted by molar-refractivity contribution is -0.124. The number of rotatable bonds is 4. The number of aromatic carboxylic acids is 1. The number of piperidine rings is 1. The number of carbonyl (C=O) groups excluding carboxylic acids is 1. The first-order valence-corrected chi connectivity index (χ1v) is 6.67. The number of primary amides is 1. The molecule has 1 aliphatic rings. The van der Waals surface area contributed by atoms with Crippen molar-refractivity contribution in [3.05, 3.63) is 17.5 Å². The molecule has 2 rings (SSSR count). The van der Waals surface area contributed by atoms with Crippen LogP contribution in [0.3, 0.4) is 0 Å². The van der Waals surface area contributed by atoms with E-state index in [0.29, 0.717) is 24.8 Å². The number of carbonyl (C=O) groups is 2. The molecule has 0 aliphatic carbocycles. The van der Waals surface area contributed by atoms with Crippen molar-refractivity contribution in [3.8, 4) is 0 Å². The summed E-state index contributed by atoms with van der Waals surface area (Å²) in [5, 5.41) is 13.2. The molecule has 1 amide bonds. The molecule has 1 saturated heterocycles. The van der Waals surface area contributed by atoms with E-state index in [1.807, 2.05) is 0 Å². The molecule has 7 heteroatoms. The number of hydrogen-bond acceptors (Lipinski definition) is 4. The third kappa shape index (κ3) is 2.82. The van der Waals surface area contributed by atoms with E-state index in [-0.39, 0.29) is 17.4 Å². The number of carboxylic acids is 1. The molecule has 2 unspecified atom stereocenters. The largest absolute Gasteiger partial charge is 0.478 e. The molecule has 20 heavy (non-hydrogen) atoms. The minimum atomic E-state index is -0.982. The minimum absolute atomic E-state index is 0.160. The van der Waals surface area contributed by atoms with Crippen LogP contribution in [0.25, 0.3) is 0 Å². The standard InChI is InChI=1S/C13H20N4O3/c1-8-3-4-9(12(14)18)6-17(8)7-11-10(13(19)20)5-15-16(11)2/h5,8-9H,3-4,6-7H2,1-2H3,(H2,14,18)(H,19,20). The highest BCUT2D eigenvalue weighted by Gasteiger charge is 2.30. The molecule has 2 heterocycles. The molecule has 7 nitrogen and oxygen atoms in total. The number of aromatic nitrogens is 2. The average Bonchev–Trinajstić information content (AvgIpc) is 2.73. The van der Waals surface area contributed by atoms with Gasteiger partial charge in [0.1, 0.15) is 5.56 Å². The molecule has 1 aliphatic heterocycles. The summed E-state index contributed by atoms with van der Waals surface area (Å²) in [7, 11) is 1.72. The lowest BCUT2D eigenvalue weighted by atomic mass is 9.92. The molecule has 0 spiro atoms. The fourth-order valence-corrected chi connectivity index (χ4v) is 2.65. The highest BCUT2D eigenvalue weighted by Crippen LogP contribution is 2.24. The zero-order valence-electron chi connectivity index (χ0n) is 11.7. The zero-order chi connectivity index (χ0) is 14.9. The SMILES string of the molecule is CC1CCC(C(N)=O)CN1Cc1c(C(=O)O)cnn1C. The Labute approximate surface area is 117 Å². The lowest BCUT2D eigenvalue weighted by Crippen LogP contribution is -2.45. The van der Waals surface area contributed by atoms with Crippen LogP contribution in [0.2, 0.25) is 0 Å². The van der Waals surface area contributed by atoms with E-state index < -0.39 is 5.97 Å². The van der Waals surface area contributed by atoms with Gasteiger partial charge in [0.2, 0.25) is 5.91 Å². The summed E-state index contributed by atoms with van der Waals surface area (Å²) in [5.41, 5.74) is 6.24. The first kappa shape index (κ1) is 14.5. The maximum Gasteiger partial charge on any atom is 0.339 e. The van der Waals surface area contributed by atoms with Gasteiger partial charge in [0.05, 0.1) is 17.8 Å². The lowest BCUT2D eigenvalue weighted by Gasteiger charge is -2.36. The van der Waals surface area contributed by atoms with Gasteiger partial charge >= 0.3 is 5.97 Å². The minimum Gasteiger partial charge on any atom is -0.478 e. The van der Waals surface area contributed by atoms with Crippen LogP contribution in [0.5, 0.6) is 0 Å². The molecule has 1 aromatic rings. The number of carboxylic acid groups (broad SMARTS) is 1. The van der Waals surface area contributed by atoms with Gasteiger partial charge in [-0.2, -0.15) is 5.10 Å². The number of nitrogens with zero attached hydrogens (tertiary/aromatic N) is 3. The number of aryl methyl sites for hydroxylation is 1. The maximum absolute atomic E-state index is 11.3. The molecule has 0 bridgehead atoms. The summed E-state index contributed by atoms with van der Waals surface area (Å²) in [4.78, 5) is 24.6. The Morgan fingerprint density at radius 3 is 2.80 bits per heavy atom. The molecule has 3 N–H and O–H groups in total. The molecule has 1 fully saturated rings. The molecule has 110 valence electrons. The Morgan fingerprint density at radius 1 is 1.50 bits per heavy atom. The van der Waals surface area contributed by atoms with Crippen molar-refractivity contribution in [2.45, 2.75) is 32.4 Å². The van der Waals surface area contributed by atoms with Crippen molar-refractivity contribution in [2.75, 3.05) is 6.54 Å². The molecular weight excluding hydrogens is 260 g/mol. The topological polar surface area (TPSA) is 101 Å². The Kier molecular flexibility index (Phi) is 4.08. The van der Waals surface area contributed by atoms with E-state index in [1.54, 1.807) is 11.7 Å². The maximum atomic E-state index is 11.3. The molecule has 0 saturated carbocycles. The van der Waals surface area contributed by atoms with Crippen molar-refractivity contribution in [3.63, 3.8) is 0 Å².